The van der Waals surface area contributed by atoms with Gasteiger partial charge in [-0.1, -0.05) is 18.2 Å². The molecule has 0 unspecified atom stereocenters. The number of halogens is 1. The maximum atomic E-state index is 13.0. The summed E-state index contributed by atoms with van der Waals surface area (Å²) >= 11 is 1.27. The van der Waals surface area contributed by atoms with Crippen LogP contribution in [-0.4, -0.2) is 57.0 Å². The van der Waals surface area contributed by atoms with E-state index in [1.165, 1.54) is 11.8 Å². The van der Waals surface area contributed by atoms with Gasteiger partial charge < -0.3 is 14.9 Å². The summed E-state index contributed by atoms with van der Waals surface area (Å²) in [5.41, 5.74) is -1.98. The number of carbonyl (C=O) groups is 1. The molecule has 1 fully saturated rings. The third-order valence-electron chi connectivity index (χ3n) is 4.37. The van der Waals surface area contributed by atoms with Crippen molar-refractivity contribution in [3.8, 4) is 0 Å². The summed E-state index contributed by atoms with van der Waals surface area (Å²) in [5.74, 6) is 0.0608. The largest absolute Gasteiger partial charge is 0.394 e. The summed E-state index contributed by atoms with van der Waals surface area (Å²) in [4.78, 5) is 43.7. The van der Waals surface area contributed by atoms with E-state index in [0.717, 1.165) is 20.6 Å². The molecule has 2 heterocycles. The van der Waals surface area contributed by atoms with Crippen molar-refractivity contribution in [3.05, 3.63) is 57.4 Å². The SMILES string of the molecule is O=CN(CSc1ccccc1)c1cn([C@@H]2O[C@H](CO)[C@H](O)[C@H]2OF)c(=O)[nH]c1=O. The molecule has 4 atom stereocenters. The summed E-state index contributed by atoms with van der Waals surface area (Å²) in [7, 11) is 0. The van der Waals surface area contributed by atoms with Gasteiger partial charge in [0.15, 0.2) is 12.3 Å². The second-order valence-corrected chi connectivity index (χ2v) is 7.15. The number of hydrogen-bond acceptors (Lipinski definition) is 8. The van der Waals surface area contributed by atoms with Gasteiger partial charge in [-0.3, -0.25) is 24.0 Å². The maximum Gasteiger partial charge on any atom is 0.330 e. The van der Waals surface area contributed by atoms with Crippen LogP contribution in [0.5, 0.6) is 0 Å². The molecule has 3 rings (SSSR count). The third-order valence-corrected chi connectivity index (χ3v) is 5.38. The van der Waals surface area contributed by atoms with Crippen LogP contribution in [0.3, 0.4) is 0 Å². The Morgan fingerprint density at radius 3 is 2.69 bits per heavy atom. The Morgan fingerprint density at radius 1 is 1.34 bits per heavy atom. The number of anilines is 1. The number of rotatable bonds is 8. The van der Waals surface area contributed by atoms with Crippen LogP contribution >= 0.6 is 11.8 Å². The molecular weight excluding hydrogens is 409 g/mol. The highest BCUT2D eigenvalue weighted by Gasteiger charge is 2.47. The number of aliphatic hydroxyl groups excluding tert-OH is 2. The molecule has 1 aromatic heterocycles. The number of aromatic nitrogens is 2. The number of amides is 1. The Morgan fingerprint density at radius 2 is 2.07 bits per heavy atom. The fourth-order valence-electron chi connectivity index (χ4n) is 2.87. The zero-order valence-corrected chi connectivity index (χ0v) is 15.7. The molecule has 1 aliphatic rings. The van der Waals surface area contributed by atoms with E-state index in [9.17, 15) is 29.1 Å². The summed E-state index contributed by atoms with van der Waals surface area (Å²) in [6.07, 6.45) is -4.40. The highest BCUT2D eigenvalue weighted by molar-refractivity contribution is 7.99. The molecule has 2 aromatic rings. The Kier molecular flexibility index (Phi) is 6.82. The smallest absolute Gasteiger partial charge is 0.330 e. The van der Waals surface area contributed by atoms with Gasteiger partial charge in [0.2, 0.25) is 6.41 Å². The lowest BCUT2D eigenvalue weighted by Gasteiger charge is -2.21. The molecule has 0 spiro atoms. The van der Waals surface area contributed by atoms with Crippen LogP contribution < -0.4 is 16.1 Å². The van der Waals surface area contributed by atoms with Crippen molar-refractivity contribution in [2.45, 2.75) is 29.4 Å². The second kappa shape index (κ2) is 9.33. The van der Waals surface area contributed by atoms with E-state index < -0.39 is 42.4 Å². The van der Waals surface area contributed by atoms with Crippen LogP contribution in [0.25, 0.3) is 0 Å². The summed E-state index contributed by atoms with van der Waals surface area (Å²) in [5, 5.41) is 19.2. The van der Waals surface area contributed by atoms with Crippen molar-refractivity contribution in [3.63, 3.8) is 0 Å². The molecule has 1 aliphatic heterocycles. The Balaban J connectivity index is 1.91. The van der Waals surface area contributed by atoms with Crippen LogP contribution in [0.1, 0.15) is 6.23 Å². The van der Waals surface area contributed by atoms with E-state index in [-0.39, 0.29) is 11.6 Å². The van der Waals surface area contributed by atoms with Crippen LogP contribution in [0.2, 0.25) is 0 Å². The molecular formula is C17H18FN3O7S. The van der Waals surface area contributed by atoms with Gasteiger partial charge in [0.25, 0.3) is 5.56 Å². The zero-order valence-electron chi connectivity index (χ0n) is 14.9. The van der Waals surface area contributed by atoms with Crippen molar-refractivity contribution in [2.24, 2.45) is 0 Å². The average Bonchev–Trinajstić information content (AvgIpc) is 3.05. The van der Waals surface area contributed by atoms with Gasteiger partial charge in [-0.2, -0.15) is 4.94 Å². The first-order chi connectivity index (χ1) is 14.0. The van der Waals surface area contributed by atoms with Crippen LogP contribution in [0.4, 0.5) is 10.2 Å². The minimum Gasteiger partial charge on any atom is -0.394 e. The molecule has 0 aliphatic carbocycles. The molecule has 12 heteroatoms. The average molecular weight is 427 g/mol. The van der Waals surface area contributed by atoms with E-state index in [1.807, 2.05) is 35.3 Å². The predicted octanol–water partition coefficient (Wildman–Crippen LogP) is -0.231. The lowest BCUT2D eigenvalue weighted by atomic mass is 10.1. The highest BCUT2D eigenvalue weighted by atomic mass is 32.2. The molecule has 0 saturated carbocycles. The minimum atomic E-state index is -1.62. The number of carbonyl (C=O) groups excluding carboxylic acids is 1. The fourth-order valence-corrected chi connectivity index (χ4v) is 3.71. The van der Waals surface area contributed by atoms with Crippen molar-refractivity contribution in [1.82, 2.24) is 9.55 Å². The number of H-pyrrole nitrogens is 1. The monoisotopic (exact) mass is 427 g/mol. The van der Waals surface area contributed by atoms with Gasteiger partial charge in [-0.15, -0.1) is 11.8 Å². The molecule has 29 heavy (non-hydrogen) atoms. The summed E-state index contributed by atoms with van der Waals surface area (Å²) in [6, 6.07) is 9.12. The van der Waals surface area contributed by atoms with Crippen LogP contribution in [0, 0.1) is 0 Å². The molecule has 3 N–H and O–H groups in total. The molecule has 10 nitrogen and oxygen atoms in total. The van der Waals surface area contributed by atoms with E-state index in [0.29, 0.717) is 6.41 Å². The van der Waals surface area contributed by atoms with Gasteiger partial charge in [0, 0.05) is 11.1 Å². The third kappa shape index (κ3) is 4.41. The zero-order chi connectivity index (χ0) is 21.0. The van der Waals surface area contributed by atoms with Gasteiger partial charge in [-0.25, -0.2) is 4.79 Å². The number of aliphatic hydroxyl groups is 2. The van der Waals surface area contributed by atoms with Gasteiger partial charge >= 0.3 is 5.69 Å². The number of nitrogens with one attached hydrogen (secondary N) is 1. The molecule has 156 valence electrons. The first-order valence-corrected chi connectivity index (χ1v) is 9.45. The molecule has 1 amide bonds. The maximum absolute atomic E-state index is 13.0. The Bertz CT molecular complexity index is 954. The number of thioether (sulfide) groups is 1. The van der Waals surface area contributed by atoms with E-state index in [4.69, 9.17) is 4.74 Å². The van der Waals surface area contributed by atoms with Crippen molar-refractivity contribution >= 4 is 23.9 Å². The Hall–Kier alpha value is -2.51. The van der Waals surface area contributed by atoms with E-state index in [1.54, 1.807) is 0 Å². The topological polar surface area (TPSA) is 134 Å². The first-order valence-electron chi connectivity index (χ1n) is 8.47. The highest BCUT2D eigenvalue weighted by Crippen LogP contribution is 2.31. The summed E-state index contributed by atoms with van der Waals surface area (Å²) in [6.45, 7) is -0.642. The number of ether oxygens (including phenoxy) is 1. The molecule has 1 saturated heterocycles. The van der Waals surface area contributed by atoms with Crippen LogP contribution in [-0.2, 0) is 14.5 Å². The van der Waals surface area contributed by atoms with Gasteiger partial charge in [0.1, 0.15) is 17.9 Å². The minimum absolute atomic E-state index is 0.0608. The Labute approximate surface area is 167 Å². The summed E-state index contributed by atoms with van der Waals surface area (Å²) < 4.78 is 19.0. The number of aromatic amines is 1. The number of benzene rings is 1. The van der Waals surface area contributed by atoms with Crippen LogP contribution in [0.15, 0.2) is 51.0 Å². The van der Waals surface area contributed by atoms with E-state index >= 15 is 0 Å². The van der Waals surface area contributed by atoms with Gasteiger partial charge in [-0.05, 0) is 16.7 Å². The van der Waals surface area contributed by atoms with Gasteiger partial charge in [0.05, 0.1) is 12.5 Å². The lowest BCUT2D eigenvalue weighted by molar-refractivity contribution is -0.221. The first kappa shape index (κ1) is 21.2. The molecule has 0 bridgehead atoms. The van der Waals surface area contributed by atoms with Crippen molar-refractivity contribution in [1.29, 1.82) is 0 Å². The molecule has 1 aromatic carbocycles. The standard InChI is InChI=1S/C17H18FN3O7S/c18-28-14-13(24)12(7-22)27-16(14)21-6-11(15(25)19-17(21)26)20(8-23)9-29-10-4-2-1-3-5-10/h1-6,8,12-14,16,22,24H,7,9H2,(H,19,25,26)/t12-,13+,14-,16-/m1/s1. The lowest BCUT2D eigenvalue weighted by Crippen LogP contribution is -2.40. The molecule has 0 radical (unpaired) electrons. The fraction of sp³-hybridized carbons (Fsp3) is 0.353. The van der Waals surface area contributed by atoms with Crippen molar-refractivity contribution < 1.29 is 29.2 Å². The number of hydrogen-bond donors (Lipinski definition) is 3. The quantitative estimate of drug-likeness (QED) is 0.299. The van der Waals surface area contributed by atoms with E-state index in [2.05, 4.69) is 4.94 Å². The van der Waals surface area contributed by atoms with Crippen molar-refractivity contribution in [2.75, 3.05) is 17.4 Å². The normalized spacial score (nSPS) is 23.8. The second-order valence-electron chi connectivity index (χ2n) is 6.13. The number of nitrogens with zero attached hydrogens (tertiary/aromatic N) is 2. The predicted molar refractivity (Wildman–Crippen MR) is 100 cm³/mol.